The number of nitrogens with two attached hydrogens (primary N) is 1. The van der Waals surface area contributed by atoms with Crippen molar-refractivity contribution in [2.24, 2.45) is 5.73 Å². The molecule has 96 valence electrons. The minimum atomic E-state index is -4.77. The van der Waals surface area contributed by atoms with Crippen molar-refractivity contribution in [3.63, 3.8) is 0 Å². The van der Waals surface area contributed by atoms with Gasteiger partial charge < -0.3 is 15.6 Å². The monoisotopic (exact) mass is 249 g/mol. The van der Waals surface area contributed by atoms with Crippen LogP contribution in [0.15, 0.2) is 24.3 Å². The van der Waals surface area contributed by atoms with Crippen LogP contribution in [-0.2, 0) is 0 Å². The highest BCUT2D eigenvalue weighted by atomic mass is 19.4. The number of para-hydroxylation sites is 1. The van der Waals surface area contributed by atoms with Crippen molar-refractivity contribution in [1.82, 2.24) is 0 Å². The van der Waals surface area contributed by atoms with Crippen molar-refractivity contribution in [1.29, 1.82) is 0 Å². The van der Waals surface area contributed by atoms with Gasteiger partial charge in [0, 0.05) is 5.56 Å². The number of hydrogen-bond donors (Lipinski definition) is 2. The molecule has 3 N–H and O–H groups in total. The third kappa shape index (κ3) is 3.90. The number of aliphatic hydroxyl groups is 1. The van der Waals surface area contributed by atoms with E-state index < -0.39 is 18.5 Å². The van der Waals surface area contributed by atoms with E-state index in [9.17, 15) is 18.3 Å². The average Bonchev–Trinajstić information content (AvgIpc) is 2.25. The molecular weight excluding hydrogens is 235 g/mol. The third-order valence-corrected chi connectivity index (χ3v) is 2.34. The van der Waals surface area contributed by atoms with E-state index in [4.69, 9.17) is 5.73 Å². The average molecular weight is 249 g/mol. The van der Waals surface area contributed by atoms with E-state index in [1.54, 1.807) is 13.0 Å². The molecule has 0 saturated heterocycles. The zero-order valence-electron chi connectivity index (χ0n) is 9.24. The highest BCUT2D eigenvalue weighted by Gasteiger charge is 2.33. The molecule has 2 atom stereocenters. The molecule has 1 aromatic rings. The van der Waals surface area contributed by atoms with Gasteiger partial charge in [-0.3, -0.25) is 0 Å². The van der Waals surface area contributed by atoms with E-state index in [-0.39, 0.29) is 11.3 Å². The zero-order valence-corrected chi connectivity index (χ0v) is 9.24. The van der Waals surface area contributed by atoms with Crippen LogP contribution in [-0.4, -0.2) is 17.6 Å². The number of rotatable bonds is 4. The molecule has 0 bridgehead atoms. The van der Waals surface area contributed by atoms with Gasteiger partial charge in [0.15, 0.2) is 0 Å². The topological polar surface area (TPSA) is 55.5 Å². The van der Waals surface area contributed by atoms with Crippen LogP contribution in [0.1, 0.15) is 24.9 Å². The Bertz CT molecular complexity index is 368. The fourth-order valence-electron chi connectivity index (χ4n) is 1.43. The number of aliphatic hydroxyl groups excluding tert-OH is 1. The Morgan fingerprint density at radius 3 is 2.47 bits per heavy atom. The van der Waals surface area contributed by atoms with E-state index in [1.807, 2.05) is 0 Å². The van der Waals surface area contributed by atoms with Crippen molar-refractivity contribution < 1.29 is 23.0 Å². The zero-order chi connectivity index (χ0) is 13.1. The normalized spacial score (nSPS) is 15.4. The molecule has 0 unspecified atom stereocenters. The summed E-state index contributed by atoms with van der Waals surface area (Å²) in [5, 5.41) is 9.54. The summed E-state index contributed by atoms with van der Waals surface area (Å²) in [6, 6.07) is 4.63. The third-order valence-electron chi connectivity index (χ3n) is 2.34. The lowest BCUT2D eigenvalue weighted by atomic mass is 10.00. The lowest BCUT2D eigenvalue weighted by molar-refractivity contribution is -0.275. The second-order valence-corrected chi connectivity index (χ2v) is 3.59. The summed E-state index contributed by atoms with van der Waals surface area (Å²) in [7, 11) is 0. The van der Waals surface area contributed by atoms with Gasteiger partial charge in [-0.1, -0.05) is 25.1 Å². The Morgan fingerprint density at radius 1 is 1.35 bits per heavy atom. The first-order valence-corrected chi connectivity index (χ1v) is 5.13. The summed E-state index contributed by atoms with van der Waals surface area (Å²) >= 11 is 0. The summed E-state index contributed by atoms with van der Waals surface area (Å²) in [6.45, 7) is 1.69. The minimum Gasteiger partial charge on any atom is -0.405 e. The molecule has 0 heterocycles. The van der Waals surface area contributed by atoms with Crippen molar-refractivity contribution in [3.05, 3.63) is 29.8 Å². The van der Waals surface area contributed by atoms with Crippen molar-refractivity contribution in [3.8, 4) is 5.75 Å². The summed E-state index contributed by atoms with van der Waals surface area (Å²) < 4.78 is 40.3. The predicted molar refractivity (Wildman–Crippen MR) is 56.4 cm³/mol. The van der Waals surface area contributed by atoms with Gasteiger partial charge in [0.25, 0.3) is 0 Å². The summed E-state index contributed by atoms with van der Waals surface area (Å²) in [5.74, 6) is -0.375. The molecule has 0 amide bonds. The van der Waals surface area contributed by atoms with E-state index in [0.29, 0.717) is 6.42 Å². The fraction of sp³-hybridized carbons (Fsp3) is 0.455. The first-order chi connectivity index (χ1) is 7.85. The van der Waals surface area contributed by atoms with Crippen LogP contribution in [0.3, 0.4) is 0 Å². The van der Waals surface area contributed by atoms with Gasteiger partial charge in [0.05, 0.1) is 12.1 Å². The maximum Gasteiger partial charge on any atom is 0.573 e. The second kappa shape index (κ2) is 5.37. The fourth-order valence-corrected chi connectivity index (χ4v) is 1.43. The van der Waals surface area contributed by atoms with Gasteiger partial charge in [0.1, 0.15) is 5.75 Å². The molecule has 6 heteroatoms. The van der Waals surface area contributed by atoms with Crippen LogP contribution in [0.2, 0.25) is 0 Å². The molecule has 0 aliphatic heterocycles. The molecule has 0 saturated carbocycles. The van der Waals surface area contributed by atoms with Crippen LogP contribution in [0.4, 0.5) is 13.2 Å². The van der Waals surface area contributed by atoms with Crippen LogP contribution in [0.5, 0.6) is 5.75 Å². The Balaban J connectivity index is 2.99. The molecule has 1 aromatic carbocycles. The van der Waals surface area contributed by atoms with Crippen molar-refractivity contribution in [2.45, 2.75) is 31.9 Å². The van der Waals surface area contributed by atoms with E-state index >= 15 is 0 Å². The Labute approximate surface area is 97.0 Å². The Hall–Kier alpha value is -1.27. The van der Waals surface area contributed by atoms with Gasteiger partial charge in [-0.05, 0) is 12.5 Å². The molecule has 0 radical (unpaired) electrons. The van der Waals surface area contributed by atoms with Gasteiger partial charge in [0.2, 0.25) is 0 Å². The van der Waals surface area contributed by atoms with Crippen molar-refractivity contribution in [2.75, 3.05) is 0 Å². The number of alkyl halides is 3. The van der Waals surface area contributed by atoms with Crippen molar-refractivity contribution >= 4 is 0 Å². The largest absolute Gasteiger partial charge is 0.573 e. The quantitative estimate of drug-likeness (QED) is 0.861. The smallest absolute Gasteiger partial charge is 0.405 e. The molecule has 1 rings (SSSR count). The first kappa shape index (κ1) is 13.8. The standard InChI is InChI=1S/C11H14F3NO2/c1-2-8(16)10(15)7-5-3-4-6-9(7)17-11(12,13)14/h3-6,8,10,16H,2,15H2,1H3/t8-,10+/m1/s1. The minimum absolute atomic E-state index is 0.138. The van der Waals surface area contributed by atoms with Crippen LogP contribution < -0.4 is 10.5 Å². The SMILES string of the molecule is CC[C@@H](O)[C@@H](N)c1ccccc1OC(F)(F)F. The molecule has 0 aliphatic rings. The number of halogens is 3. The summed E-state index contributed by atoms with van der Waals surface area (Å²) in [5.41, 5.74) is 5.81. The van der Waals surface area contributed by atoms with Gasteiger partial charge in [-0.25, -0.2) is 0 Å². The number of ether oxygens (including phenoxy) is 1. The highest BCUT2D eigenvalue weighted by molar-refractivity contribution is 5.36. The predicted octanol–water partition coefficient (Wildman–Crippen LogP) is 2.36. The molecule has 3 nitrogen and oxygen atoms in total. The lowest BCUT2D eigenvalue weighted by Crippen LogP contribution is -2.27. The number of benzene rings is 1. The molecule has 17 heavy (non-hydrogen) atoms. The van der Waals surface area contributed by atoms with Gasteiger partial charge in [-0.15, -0.1) is 13.2 Å². The Morgan fingerprint density at radius 2 is 1.94 bits per heavy atom. The molecule has 0 fully saturated rings. The van der Waals surface area contributed by atoms with Gasteiger partial charge in [-0.2, -0.15) is 0 Å². The van der Waals surface area contributed by atoms with Gasteiger partial charge >= 0.3 is 6.36 Å². The maximum absolute atomic E-state index is 12.1. The summed E-state index contributed by atoms with van der Waals surface area (Å²) in [4.78, 5) is 0. The molecular formula is C11H14F3NO2. The summed E-state index contributed by atoms with van der Waals surface area (Å²) in [6.07, 6.45) is -5.33. The Kier molecular flexibility index (Phi) is 4.36. The lowest BCUT2D eigenvalue weighted by Gasteiger charge is -2.21. The van der Waals surface area contributed by atoms with Crippen LogP contribution in [0, 0.1) is 0 Å². The van der Waals surface area contributed by atoms with E-state index in [0.717, 1.165) is 0 Å². The van der Waals surface area contributed by atoms with E-state index in [2.05, 4.69) is 4.74 Å². The maximum atomic E-state index is 12.1. The molecule has 0 aliphatic carbocycles. The number of hydrogen-bond acceptors (Lipinski definition) is 3. The molecule has 0 aromatic heterocycles. The highest BCUT2D eigenvalue weighted by Crippen LogP contribution is 2.30. The molecule has 0 spiro atoms. The van der Waals surface area contributed by atoms with Crippen LogP contribution in [0.25, 0.3) is 0 Å². The van der Waals surface area contributed by atoms with E-state index in [1.165, 1.54) is 18.2 Å². The van der Waals surface area contributed by atoms with Crippen LogP contribution >= 0.6 is 0 Å². The first-order valence-electron chi connectivity index (χ1n) is 5.13. The second-order valence-electron chi connectivity index (χ2n) is 3.59.